The summed E-state index contributed by atoms with van der Waals surface area (Å²) < 4.78 is 6.94. The Hall–Kier alpha value is 0.930. The van der Waals surface area contributed by atoms with Crippen molar-refractivity contribution in [1.29, 1.82) is 0 Å². The van der Waals surface area contributed by atoms with Gasteiger partial charge in [-0.2, -0.15) is 0 Å². The van der Waals surface area contributed by atoms with Crippen LogP contribution in [0.2, 0.25) is 0 Å². The smallest absolute Gasteiger partial charge is 0.123 e. The molecule has 0 aromatic rings. The Kier molecular flexibility index (Phi) is 7.59. The molecule has 1 rings (SSSR count). The molecule has 0 aromatic heterocycles. The van der Waals surface area contributed by atoms with Crippen molar-refractivity contribution in [2.45, 2.75) is 64.8 Å². The topological polar surface area (TPSA) is 15.6 Å². The van der Waals surface area contributed by atoms with Crippen molar-refractivity contribution < 1.29 is 0 Å². The van der Waals surface area contributed by atoms with Gasteiger partial charge in [-0.15, -0.1) is 0 Å². The van der Waals surface area contributed by atoms with Gasteiger partial charge >= 0.3 is 0 Å². The van der Waals surface area contributed by atoms with Crippen molar-refractivity contribution in [3.05, 3.63) is 0 Å². The van der Waals surface area contributed by atoms with Gasteiger partial charge in [0.1, 0.15) is 5.84 Å². The summed E-state index contributed by atoms with van der Waals surface area (Å²) in [6.45, 7) is 4.53. The molecular weight excluding hydrogens is 426 g/mol. The van der Waals surface area contributed by atoms with Gasteiger partial charge in [-0.1, -0.05) is 33.1 Å². The summed E-state index contributed by atoms with van der Waals surface area (Å²) in [7, 11) is 0. The summed E-state index contributed by atoms with van der Waals surface area (Å²) in [5.74, 6) is 1.94. The lowest BCUT2D eigenvalue weighted by Crippen LogP contribution is -2.37. The highest BCUT2D eigenvalue weighted by molar-refractivity contribution is 14.1. The molecule has 0 N–H and O–H groups in total. The molecule has 94 valence electrons. The minimum Gasteiger partial charge on any atom is -0.299 e. The first-order valence-corrected chi connectivity index (χ1v) is 8.31. The van der Waals surface area contributed by atoms with E-state index < -0.39 is 0 Å². The van der Waals surface area contributed by atoms with Gasteiger partial charge in [-0.3, -0.25) is 3.11 Å². The fraction of sp³-hybridized carbons (Fsp3) is 0.917. The summed E-state index contributed by atoms with van der Waals surface area (Å²) in [5.41, 5.74) is 0. The summed E-state index contributed by atoms with van der Waals surface area (Å²) in [6.07, 6.45) is 9.29. The molecule has 0 atom stereocenters. The fourth-order valence-corrected chi connectivity index (χ4v) is 4.53. The highest BCUT2D eigenvalue weighted by atomic mass is 127. The molecule has 16 heavy (non-hydrogen) atoms. The van der Waals surface area contributed by atoms with E-state index in [0.29, 0.717) is 5.92 Å². The predicted octanol–water partition coefficient (Wildman–Crippen LogP) is 5.16. The van der Waals surface area contributed by atoms with Crippen LogP contribution in [0.5, 0.6) is 0 Å². The number of hydrogen-bond acceptors (Lipinski definition) is 1. The van der Waals surface area contributed by atoms with E-state index in [-0.39, 0.29) is 0 Å². The maximum atomic E-state index is 4.51. The third-order valence-electron chi connectivity index (χ3n) is 3.55. The number of halogens is 2. The van der Waals surface area contributed by atoms with Crippen LogP contribution in [-0.2, 0) is 0 Å². The van der Waals surface area contributed by atoms with Gasteiger partial charge in [0.15, 0.2) is 0 Å². The largest absolute Gasteiger partial charge is 0.299 e. The highest BCUT2D eigenvalue weighted by Crippen LogP contribution is 2.28. The Morgan fingerprint density at radius 3 is 2.25 bits per heavy atom. The van der Waals surface area contributed by atoms with Crippen molar-refractivity contribution in [3.63, 3.8) is 0 Å². The van der Waals surface area contributed by atoms with E-state index in [1.54, 1.807) is 0 Å². The molecule has 1 aliphatic carbocycles. The molecule has 4 heteroatoms. The van der Waals surface area contributed by atoms with Crippen LogP contribution >= 0.6 is 45.7 Å². The van der Waals surface area contributed by atoms with Crippen LogP contribution < -0.4 is 0 Å². The summed E-state index contributed by atoms with van der Waals surface area (Å²) in [5, 5.41) is 0. The van der Waals surface area contributed by atoms with E-state index in [1.165, 1.54) is 50.8 Å². The monoisotopic (exact) mass is 448 g/mol. The minimum atomic E-state index is 0.635. The molecule has 0 radical (unpaired) electrons. The van der Waals surface area contributed by atoms with Crippen LogP contribution in [0.25, 0.3) is 0 Å². The molecule has 0 aliphatic heterocycles. The lowest BCUT2D eigenvalue weighted by molar-refractivity contribution is 0.348. The molecule has 0 amide bonds. The van der Waals surface area contributed by atoms with E-state index in [1.807, 2.05) is 0 Å². The average molecular weight is 448 g/mol. The van der Waals surface area contributed by atoms with Crippen LogP contribution in [0.1, 0.15) is 58.8 Å². The van der Waals surface area contributed by atoms with Crippen molar-refractivity contribution in [3.8, 4) is 0 Å². The lowest BCUT2D eigenvalue weighted by Gasteiger charge is -2.33. The SMILES string of the molecule is CCC(CC)C(=NI)N(I)C1CCCCC1. The van der Waals surface area contributed by atoms with E-state index in [4.69, 9.17) is 0 Å². The summed E-state index contributed by atoms with van der Waals surface area (Å²) in [6, 6.07) is 0.725. The van der Waals surface area contributed by atoms with Gasteiger partial charge in [0.25, 0.3) is 0 Å². The third kappa shape index (κ3) is 3.99. The Bertz CT molecular complexity index is 221. The first-order chi connectivity index (χ1) is 7.74. The van der Waals surface area contributed by atoms with Crippen molar-refractivity contribution in [2.24, 2.45) is 9.12 Å². The van der Waals surface area contributed by atoms with Crippen molar-refractivity contribution in [1.82, 2.24) is 3.11 Å². The molecular formula is C12H22I2N2. The zero-order valence-corrected chi connectivity index (χ0v) is 14.6. The second-order valence-corrected chi connectivity index (χ2v) is 6.08. The highest BCUT2D eigenvalue weighted by Gasteiger charge is 2.25. The van der Waals surface area contributed by atoms with E-state index >= 15 is 0 Å². The quantitative estimate of drug-likeness (QED) is 0.251. The molecule has 2 nitrogen and oxygen atoms in total. The van der Waals surface area contributed by atoms with Crippen LogP contribution in [0.3, 0.4) is 0 Å². The lowest BCUT2D eigenvalue weighted by atomic mass is 9.94. The van der Waals surface area contributed by atoms with Crippen molar-refractivity contribution >= 4 is 51.6 Å². The van der Waals surface area contributed by atoms with E-state index in [9.17, 15) is 0 Å². The summed E-state index contributed by atoms with van der Waals surface area (Å²) >= 11 is 4.65. The van der Waals surface area contributed by atoms with Gasteiger partial charge in [-0.05, 0) is 25.7 Å². The molecule has 0 heterocycles. The second kappa shape index (κ2) is 8.11. The van der Waals surface area contributed by atoms with E-state index in [2.05, 4.69) is 65.9 Å². The average Bonchev–Trinajstić information content (AvgIpc) is 2.36. The zero-order chi connectivity index (χ0) is 12.0. The third-order valence-corrected chi connectivity index (χ3v) is 5.33. The first kappa shape index (κ1) is 15.0. The first-order valence-electron chi connectivity index (χ1n) is 6.38. The molecule has 0 aromatic carbocycles. The Morgan fingerprint density at radius 1 is 1.25 bits per heavy atom. The standard InChI is InChI=1S/C12H22I2N2/c1-3-10(4-2)12(15-13)16(14)11-8-6-5-7-9-11/h10-11H,3-9H2,1-2H3. The Labute approximate surface area is 128 Å². The van der Waals surface area contributed by atoms with Crippen LogP contribution in [-0.4, -0.2) is 15.0 Å². The normalized spacial score (nSPS) is 19.2. The fourth-order valence-electron chi connectivity index (χ4n) is 2.43. The van der Waals surface area contributed by atoms with Gasteiger partial charge in [0.2, 0.25) is 0 Å². The molecule has 0 saturated heterocycles. The minimum absolute atomic E-state index is 0.635. The number of rotatable bonds is 4. The predicted molar refractivity (Wildman–Crippen MR) is 88.3 cm³/mol. The number of hydrogen-bond donors (Lipinski definition) is 0. The molecule has 1 saturated carbocycles. The maximum Gasteiger partial charge on any atom is 0.123 e. The molecule has 0 bridgehead atoms. The van der Waals surface area contributed by atoms with Gasteiger partial charge in [0.05, 0.1) is 45.7 Å². The van der Waals surface area contributed by atoms with Crippen LogP contribution in [0.4, 0.5) is 0 Å². The Morgan fingerprint density at radius 2 is 1.81 bits per heavy atom. The van der Waals surface area contributed by atoms with Crippen LogP contribution in [0.15, 0.2) is 3.21 Å². The van der Waals surface area contributed by atoms with E-state index in [0.717, 1.165) is 6.04 Å². The second-order valence-electron chi connectivity index (χ2n) is 4.56. The van der Waals surface area contributed by atoms with Gasteiger partial charge < -0.3 is 0 Å². The number of amidine groups is 1. The molecule has 0 spiro atoms. The zero-order valence-electron chi connectivity index (χ0n) is 10.3. The molecule has 1 fully saturated rings. The Balaban J connectivity index is 2.64. The summed E-state index contributed by atoms with van der Waals surface area (Å²) in [4.78, 5) is 0. The number of nitrogens with zero attached hydrogens (tertiary/aromatic N) is 2. The van der Waals surface area contributed by atoms with Gasteiger partial charge in [-0.25, -0.2) is 3.21 Å². The van der Waals surface area contributed by atoms with Crippen LogP contribution in [0, 0.1) is 5.92 Å². The molecule has 0 unspecified atom stereocenters. The molecule has 1 aliphatic rings. The van der Waals surface area contributed by atoms with Crippen molar-refractivity contribution in [2.75, 3.05) is 0 Å². The van der Waals surface area contributed by atoms with Gasteiger partial charge in [0, 0.05) is 12.0 Å². The maximum absolute atomic E-state index is 4.51.